The van der Waals surface area contributed by atoms with E-state index in [1.54, 1.807) is 13.4 Å². The van der Waals surface area contributed by atoms with Crippen LogP contribution in [0, 0.1) is 11.8 Å². The van der Waals surface area contributed by atoms with Crippen molar-refractivity contribution < 1.29 is 13.9 Å². The smallest absolute Gasteiger partial charge is 0.230 e. The van der Waals surface area contributed by atoms with Crippen molar-refractivity contribution in [3.05, 3.63) is 48.4 Å². The molecule has 0 saturated heterocycles. The van der Waals surface area contributed by atoms with Crippen LogP contribution in [-0.2, 0) is 11.3 Å². The Morgan fingerprint density at radius 2 is 2.12 bits per heavy atom. The standard InChI is InChI=1S/C24H30N4O3S/c1-16-7-4-11-21(17(16)2)25-22(29)15-32-24-27-26-23(18-8-5-9-19(13-18)30-3)28(24)14-20-10-6-12-31-20/h5-6,8-10,12-13,16-17,21H,4,7,11,14-15H2,1-3H3,(H,25,29). The van der Waals surface area contributed by atoms with Crippen LogP contribution in [0.15, 0.2) is 52.2 Å². The van der Waals surface area contributed by atoms with Crippen molar-refractivity contribution >= 4 is 17.7 Å². The molecule has 1 saturated carbocycles. The van der Waals surface area contributed by atoms with Crippen molar-refractivity contribution in [3.8, 4) is 17.1 Å². The van der Waals surface area contributed by atoms with Gasteiger partial charge in [0.15, 0.2) is 11.0 Å². The number of nitrogens with one attached hydrogen (secondary N) is 1. The van der Waals surface area contributed by atoms with E-state index in [-0.39, 0.29) is 11.9 Å². The molecule has 2 aromatic heterocycles. The van der Waals surface area contributed by atoms with Crippen molar-refractivity contribution in [1.29, 1.82) is 0 Å². The molecule has 2 heterocycles. The molecule has 1 aromatic carbocycles. The summed E-state index contributed by atoms with van der Waals surface area (Å²) in [7, 11) is 1.64. The number of ether oxygens (including phenoxy) is 1. The minimum atomic E-state index is 0.0384. The first-order valence-corrected chi connectivity index (χ1v) is 12.1. The zero-order valence-corrected chi connectivity index (χ0v) is 19.6. The molecule has 3 aromatic rings. The molecule has 1 aliphatic rings. The van der Waals surface area contributed by atoms with Crippen LogP contribution in [-0.4, -0.2) is 39.6 Å². The summed E-state index contributed by atoms with van der Waals surface area (Å²) >= 11 is 1.40. The maximum Gasteiger partial charge on any atom is 0.230 e. The SMILES string of the molecule is COc1cccc(-c2nnc(SCC(=O)NC3CCCC(C)C3C)n2Cc2ccco2)c1. The molecule has 3 unspecified atom stereocenters. The molecule has 1 N–H and O–H groups in total. The zero-order valence-electron chi connectivity index (χ0n) is 18.8. The summed E-state index contributed by atoms with van der Waals surface area (Å²) in [6.45, 7) is 4.99. The van der Waals surface area contributed by atoms with Crippen molar-refractivity contribution in [2.24, 2.45) is 11.8 Å². The van der Waals surface area contributed by atoms with Gasteiger partial charge in [0.25, 0.3) is 0 Å². The number of methoxy groups -OCH3 is 1. The Morgan fingerprint density at radius 1 is 1.25 bits per heavy atom. The number of hydrogen-bond donors (Lipinski definition) is 1. The number of hydrogen-bond acceptors (Lipinski definition) is 6. The van der Waals surface area contributed by atoms with Gasteiger partial charge in [0.05, 0.1) is 25.7 Å². The second kappa shape index (κ2) is 10.3. The molecule has 0 aliphatic heterocycles. The quantitative estimate of drug-likeness (QED) is 0.500. The van der Waals surface area contributed by atoms with Gasteiger partial charge in [-0.2, -0.15) is 0 Å². The van der Waals surface area contributed by atoms with Crippen molar-refractivity contribution in [1.82, 2.24) is 20.1 Å². The zero-order chi connectivity index (χ0) is 22.5. The molecule has 170 valence electrons. The average molecular weight is 455 g/mol. The fourth-order valence-corrected chi connectivity index (χ4v) is 4.99. The lowest BCUT2D eigenvalue weighted by atomic mass is 9.78. The van der Waals surface area contributed by atoms with E-state index in [1.165, 1.54) is 24.6 Å². The Balaban J connectivity index is 1.50. The average Bonchev–Trinajstić information content (AvgIpc) is 3.46. The van der Waals surface area contributed by atoms with Crippen LogP contribution in [0.25, 0.3) is 11.4 Å². The minimum Gasteiger partial charge on any atom is -0.497 e. The Morgan fingerprint density at radius 3 is 2.91 bits per heavy atom. The first kappa shape index (κ1) is 22.5. The number of benzene rings is 1. The summed E-state index contributed by atoms with van der Waals surface area (Å²) in [5, 5.41) is 12.7. The lowest BCUT2D eigenvalue weighted by Gasteiger charge is -2.34. The highest BCUT2D eigenvalue weighted by Crippen LogP contribution is 2.30. The van der Waals surface area contributed by atoms with Gasteiger partial charge in [-0.3, -0.25) is 9.36 Å². The Kier molecular flexibility index (Phi) is 7.19. The highest BCUT2D eigenvalue weighted by molar-refractivity contribution is 7.99. The van der Waals surface area contributed by atoms with Gasteiger partial charge in [0.2, 0.25) is 5.91 Å². The van der Waals surface area contributed by atoms with E-state index >= 15 is 0 Å². The summed E-state index contributed by atoms with van der Waals surface area (Å²) in [6.07, 6.45) is 5.12. The molecule has 0 spiro atoms. The van der Waals surface area contributed by atoms with E-state index in [0.717, 1.165) is 23.5 Å². The number of carbonyl (C=O) groups is 1. The summed E-state index contributed by atoms with van der Waals surface area (Å²) in [6, 6.07) is 11.7. The molecule has 8 heteroatoms. The van der Waals surface area contributed by atoms with Gasteiger partial charge in [0.1, 0.15) is 11.5 Å². The van der Waals surface area contributed by atoms with E-state index in [9.17, 15) is 4.79 Å². The third-order valence-electron chi connectivity index (χ3n) is 6.32. The second-order valence-electron chi connectivity index (χ2n) is 8.43. The van der Waals surface area contributed by atoms with Crippen molar-refractivity contribution in [2.45, 2.75) is 50.9 Å². The minimum absolute atomic E-state index is 0.0384. The maximum atomic E-state index is 12.7. The molecule has 1 aliphatic carbocycles. The predicted octanol–water partition coefficient (Wildman–Crippen LogP) is 4.63. The molecule has 7 nitrogen and oxygen atoms in total. The number of rotatable bonds is 8. The van der Waals surface area contributed by atoms with E-state index in [1.807, 2.05) is 41.0 Å². The van der Waals surface area contributed by atoms with Crippen molar-refractivity contribution in [3.63, 3.8) is 0 Å². The molecule has 4 rings (SSSR count). The van der Waals surface area contributed by atoms with Gasteiger partial charge in [-0.25, -0.2) is 0 Å². The number of carbonyl (C=O) groups excluding carboxylic acids is 1. The Labute approximate surface area is 192 Å². The van der Waals surface area contributed by atoms with Gasteiger partial charge in [-0.15, -0.1) is 10.2 Å². The molecule has 3 atom stereocenters. The van der Waals surface area contributed by atoms with Gasteiger partial charge >= 0.3 is 0 Å². The summed E-state index contributed by atoms with van der Waals surface area (Å²) in [4.78, 5) is 12.7. The van der Waals surface area contributed by atoms with Crippen LogP contribution in [0.2, 0.25) is 0 Å². The first-order chi connectivity index (χ1) is 15.5. The monoisotopic (exact) mass is 454 g/mol. The van der Waals surface area contributed by atoms with E-state index < -0.39 is 0 Å². The molecule has 1 fully saturated rings. The van der Waals surface area contributed by atoms with Crippen LogP contribution in [0.3, 0.4) is 0 Å². The van der Waals surface area contributed by atoms with Gasteiger partial charge in [0, 0.05) is 11.6 Å². The van der Waals surface area contributed by atoms with Gasteiger partial charge < -0.3 is 14.5 Å². The van der Waals surface area contributed by atoms with E-state index in [2.05, 4.69) is 29.4 Å². The molecule has 0 radical (unpaired) electrons. The van der Waals surface area contributed by atoms with E-state index in [0.29, 0.717) is 35.1 Å². The largest absolute Gasteiger partial charge is 0.497 e. The van der Waals surface area contributed by atoms with Crippen LogP contribution < -0.4 is 10.1 Å². The highest BCUT2D eigenvalue weighted by Gasteiger charge is 2.28. The number of furan rings is 1. The molecular weight excluding hydrogens is 424 g/mol. The van der Waals surface area contributed by atoms with E-state index in [4.69, 9.17) is 9.15 Å². The lowest BCUT2D eigenvalue weighted by molar-refractivity contribution is -0.120. The number of thioether (sulfide) groups is 1. The Hall–Kier alpha value is -2.74. The van der Waals surface area contributed by atoms with Crippen LogP contribution in [0.5, 0.6) is 5.75 Å². The number of aromatic nitrogens is 3. The van der Waals surface area contributed by atoms with Crippen LogP contribution >= 0.6 is 11.8 Å². The molecule has 32 heavy (non-hydrogen) atoms. The predicted molar refractivity (Wildman–Crippen MR) is 125 cm³/mol. The first-order valence-electron chi connectivity index (χ1n) is 11.1. The maximum absolute atomic E-state index is 12.7. The van der Waals surface area contributed by atoms with Gasteiger partial charge in [-0.1, -0.05) is 50.6 Å². The summed E-state index contributed by atoms with van der Waals surface area (Å²) < 4.78 is 12.9. The number of amides is 1. The van der Waals surface area contributed by atoms with Crippen molar-refractivity contribution in [2.75, 3.05) is 12.9 Å². The highest BCUT2D eigenvalue weighted by atomic mass is 32.2. The lowest BCUT2D eigenvalue weighted by Crippen LogP contribution is -2.44. The normalized spacial score (nSPS) is 20.8. The van der Waals surface area contributed by atoms with Crippen LogP contribution in [0.4, 0.5) is 0 Å². The fourth-order valence-electron chi connectivity index (χ4n) is 4.24. The van der Waals surface area contributed by atoms with Crippen LogP contribution in [0.1, 0.15) is 38.9 Å². The molecule has 0 bridgehead atoms. The Bertz CT molecular complexity index is 1030. The number of nitrogens with zero attached hydrogens (tertiary/aromatic N) is 3. The fraction of sp³-hybridized carbons (Fsp3) is 0.458. The second-order valence-corrected chi connectivity index (χ2v) is 9.38. The molecule has 1 amide bonds. The van der Waals surface area contributed by atoms with Gasteiger partial charge in [-0.05, 0) is 42.5 Å². The topological polar surface area (TPSA) is 82.2 Å². The summed E-state index contributed by atoms with van der Waals surface area (Å²) in [5.74, 6) is 3.73. The summed E-state index contributed by atoms with van der Waals surface area (Å²) in [5.41, 5.74) is 0.893. The molecular formula is C24H30N4O3S. The third kappa shape index (κ3) is 5.18. The third-order valence-corrected chi connectivity index (χ3v) is 7.29.